The number of carbonyl (C=O) groups is 2. The first-order valence-electron chi connectivity index (χ1n) is 6.50. The SMILES string of the molecule is CC(C)N(CC(=O)O)C(=O)c1ccc(-c2cnco2)cc1. The molecule has 0 spiro atoms. The number of nitrogens with zero attached hydrogens (tertiary/aromatic N) is 2. The van der Waals surface area contributed by atoms with Gasteiger partial charge in [-0.05, 0) is 26.0 Å². The van der Waals surface area contributed by atoms with Gasteiger partial charge in [-0.2, -0.15) is 0 Å². The van der Waals surface area contributed by atoms with Crippen LogP contribution in [0.15, 0.2) is 41.3 Å². The van der Waals surface area contributed by atoms with Crippen molar-refractivity contribution in [2.24, 2.45) is 0 Å². The normalized spacial score (nSPS) is 10.6. The van der Waals surface area contributed by atoms with Gasteiger partial charge in [-0.3, -0.25) is 9.59 Å². The van der Waals surface area contributed by atoms with Gasteiger partial charge < -0.3 is 14.4 Å². The highest BCUT2D eigenvalue weighted by Crippen LogP contribution is 2.19. The van der Waals surface area contributed by atoms with Crippen LogP contribution in [0.5, 0.6) is 0 Å². The Hall–Kier alpha value is -2.63. The summed E-state index contributed by atoms with van der Waals surface area (Å²) in [6, 6.07) is 6.59. The molecule has 1 aromatic carbocycles. The standard InChI is InChI=1S/C15H16N2O4/c1-10(2)17(8-14(18)19)15(20)12-5-3-11(4-6-12)13-7-16-9-21-13/h3-7,9-10H,8H2,1-2H3,(H,18,19). The highest BCUT2D eigenvalue weighted by atomic mass is 16.4. The molecule has 1 heterocycles. The molecular weight excluding hydrogens is 272 g/mol. The van der Waals surface area contributed by atoms with Crippen LogP contribution < -0.4 is 0 Å². The van der Waals surface area contributed by atoms with E-state index in [-0.39, 0.29) is 18.5 Å². The summed E-state index contributed by atoms with van der Waals surface area (Å²) in [5, 5.41) is 8.88. The van der Waals surface area contributed by atoms with Gasteiger partial charge >= 0.3 is 5.97 Å². The fourth-order valence-electron chi connectivity index (χ4n) is 1.94. The topological polar surface area (TPSA) is 83.6 Å². The second kappa shape index (κ2) is 6.21. The number of benzene rings is 1. The Morgan fingerprint density at radius 2 is 1.95 bits per heavy atom. The number of rotatable bonds is 5. The molecule has 1 aromatic heterocycles. The van der Waals surface area contributed by atoms with E-state index in [1.54, 1.807) is 44.3 Å². The third-order valence-electron chi connectivity index (χ3n) is 3.04. The van der Waals surface area contributed by atoms with Gasteiger partial charge in [0.05, 0.1) is 6.20 Å². The number of hydrogen-bond donors (Lipinski definition) is 1. The summed E-state index contributed by atoms with van der Waals surface area (Å²) in [5.74, 6) is -0.730. The summed E-state index contributed by atoms with van der Waals surface area (Å²) < 4.78 is 5.17. The minimum atomic E-state index is -1.03. The van der Waals surface area contributed by atoms with Crippen LogP contribution in [0.2, 0.25) is 0 Å². The molecule has 0 saturated heterocycles. The monoisotopic (exact) mass is 288 g/mol. The van der Waals surface area contributed by atoms with Crippen LogP contribution >= 0.6 is 0 Å². The first-order chi connectivity index (χ1) is 9.99. The smallest absolute Gasteiger partial charge is 0.323 e. The Labute approximate surface area is 122 Å². The number of carboxylic acids is 1. The summed E-state index contributed by atoms with van der Waals surface area (Å²) in [5.41, 5.74) is 1.24. The first-order valence-corrected chi connectivity index (χ1v) is 6.50. The lowest BCUT2D eigenvalue weighted by atomic mass is 10.1. The quantitative estimate of drug-likeness (QED) is 0.912. The molecule has 1 N–H and O–H groups in total. The molecule has 0 aliphatic carbocycles. The second-order valence-corrected chi connectivity index (χ2v) is 4.86. The van der Waals surface area contributed by atoms with Crippen molar-refractivity contribution >= 4 is 11.9 Å². The number of aliphatic carboxylic acids is 1. The summed E-state index contributed by atoms with van der Waals surface area (Å²) >= 11 is 0. The molecule has 2 aromatic rings. The van der Waals surface area contributed by atoms with Gasteiger partial charge in [0, 0.05) is 17.2 Å². The van der Waals surface area contributed by atoms with Crippen LogP contribution in [0, 0.1) is 0 Å². The van der Waals surface area contributed by atoms with E-state index in [9.17, 15) is 9.59 Å². The lowest BCUT2D eigenvalue weighted by Crippen LogP contribution is -2.40. The molecule has 0 atom stereocenters. The highest BCUT2D eigenvalue weighted by molar-refractivity contribution is 5.96. The van der Waals surface area contributed by atoms with Crippen molar-refractivity contribution < 1.29 is 19.1 Å². The minimum absolute atomic E-state index is 0.192. The Morgan fingerprint density at radius 3 is 2.43 bits per heavy atom. The molecular formula is C15H16N2O4. The lowest BCUT2D eigenvalue weighted by Gasteiger charge is -2.24. The summed E-state index contributed by atoms with van der Waals surface area (Å²) in [4.78, 5) is 28.3. The molecule has 6 nitrogen and oxygen atoms in total. The maximum atomic E-state index is 12.3. The maximum absolute atomic E-state index is 12.3. The summed E-state index contributed by atoms with van der Waals surface area (Å²) in [6.07, 6.45) is 2.92. The molecule has 0 fully saturated rings. The molecule has 0 saturated carbocycles. The molecule has 1 amide bonds. The van der Waals surface area contributed by atoms with E-state index in [1.807, 2.05) is 0 Å². The maximum Gasteiger partial charge on any atom is 0.323 e. The van der Waals surface area contributed by atoms with Crippen molar-refractivity contribution in [2.75, 3.05) is 6.54 Å². The molecule has 0 unspecified atom stereocenters. The van der Waals surface area contributed by atoms with Crippen molar-refractivity contribution in [2.45, 2.75) is 19.9 Å². The van der Waals surface area contributed by atoms with E-state index in [2.05, 4.69) is 4.98 Å². The van der Waals surface area contributed by atoms with Crippen molar-refractivity contribution in [3.8, 4) is 11.3 Å². The minimum Gasteiger partial charge on any atom is -0.480 e. The van der Waals surface area contributed by atoms with E-state index in [0.29, 0.717) is 11.3 Å². The molecule has 6 heteroatoms. The number of oxazole rings is 1. The fraction of sp³-hybridized carbons (Fsp3) is 0.267. The van der Waals surface area contributed by atoms with Crippen LogP contribution in [0.3, 0.4) is 0 Å². The van der Waals surface area contributed by atoms with Crippen molar-refractivity contribution in [3.05, 3.63) is 42.4 Å². The Morgan fingerprint density at radius 1 is 1.29 bits per heavy atom. The zero-order valence-electron chi connectivity index (χ0n) is 11.8. The fourth-order valence-corrected chi connectivity index (χ4v) is 1.94. The lowest BCUT2D eigenvalue weighted by molar-refractivity contribution is -0.138. The molecule has 0 radical (unpaired) electrons. The van der Waals surface area contributed by atoms with E-state index < -0.39 is 5.97 Å². The molecule has 0 bridgehead atoms. The van der Waals surface area contributed by atoms with Crippen molar-refractivity contribution in [3.63, 3.8) is 0 Å². The average molecular weight is 288 g/mol. The molecule has 110 valence electrons. The largest absolute Gasteiger partial charge is 0.480 e. The Kier molecular flexibility index (Phi) is 4.37. The molecule has 0 aliphatic rings. The van der Waals surface area contributed by atoms with Crippen LogP contribution in [0.1, 0.15) is 24.2 Å². The van der Waals surface area contributed by atoms with Crippen molar-refractivity contribution in [1.29, 1.82) is 0 Å². The van der Waals surface area contributed by atoms with Gasteiger partial charge in [-0.15, -0.1) is 0 Å². The zero-order valence-corrected chi connectivity index (χ0v) is 11.8. The average Bonchev–Trinajstić information content (AvgIpc) is 2.98. The van der Waals surface area contributed by atoms with Gasteiger partial charge in [0.15, 0.2) is 12.2 Å². The van der Waals surface area contributed by atoms with Gasteiger partial charge in [-0.1, -0.05) is 12.1 Å². The van der Waals surface area contributed by atoms with Crippen LogP contribution in [0.25, 0.3) is 11.3 Å². The molecule has 21 heavy (non-hydrogen) atoms. The zero-order chi connectivity index (χ0) is 15.4. The van der Waals surface area contributed by atoms with E-state index in [1.165, 1.54) is 11.3 Å². The van der Waals surface area contributed by atoms with Crippen LogP contribution in [-0.4, -0.2) is 39.5 Å². The first kappa shape index (κ1) is 14.8. The number of carbonyl (C=O) groups excluding carboxylic acids is 1. The van der Waals surface area contributed by atoms with Gasteiger partial charge in [0.2, 0.25) is 0 Å². The summed E-state index contributed by atoms with van der Waals surface area (Å²) in [7, 11) is 0. The van der Waals surface area contributed by atoms with Gasteiger partial charge in [-0.25, -0.2) is 4.98 Å². The van der Waals surface area contributed by atoms with Gasteiger partial charge in [0.25, 0.3) is 5.91 Å². The number of carboxylic acid groups (broad SMARTS) is 1. The molecule has 2 rings (SSSR count). The third kappa shape index (κ3) is 3.47. The number of amides is 1. The van der Waals surface area contributed by atoms with Crippen LogP contribution in [0.4, 0.5) is 0 Å². The summed E-state index contributed by atoms with van der Waals surface area (Å²) in [6.45, 7) is 3.24. The van der Waals surface area contributed by atoms with Gasteiger partial charge in [0.1, 0.15) is 6.54 Å². The Balaban J connectivity index is 2.20. The predicted octanol–water partition coefficient (Wildman–Crippen LogP) is 2.28. The third-order valence-corrected chi connectivity index (χ3v) is 3.04. The Bertz CT molecular complexity index is 618. The predicted molar refractivity (Wildman–Crippen MR) is 75.7 cm³/mol. The highest BCUT2D eigenvalue weighted by Gasteiger charge is 2.21. The van der Waals surface area contributed by atoms with E-state index >= 15 is 0 Å². The van der Waals surface area contributed by atoms with Crippen molar-refractivity contribution in [1.82, 2.24) is 9.88 Å². The number of aromatic nitrogens is 1. The van der Waals surface area contributed by atoms with E-state index in [0.717, 1.165) is 5.56 Å². The second-order valence-electron chi connectivity index (χ2n) is 4.86. The molecule has 0 aliphatic heterocycles. The van der Waals surface area contributed by atoms with E-state index in [4.69, 9.17) is 9.52 Å². The number of hydrogen-bond acceptors (Lipinski definition) is 4. The van der Waals surface area contributed by atoms with Crippen LogP contribution in [-0.2, 0) is 4.79 Å².